The van der Waals surface area contributed by atoms with Gasteiger partial charge in [0.25, 0.3) is 0 Å². The summed E-state index contributed by atoms with van der Waals surface area (Å²) in [5.74, 6) is -0.870. The van der Waals surface area contributed by atoms with Crippen molar-refractivity contribution in [2.45, 2.75) is 44.9 Å². The number of nitrogens with zero attached hydrogens (tertiary/aromatic N) is 1. The van der Waals surface area contributed by atoms with Crippen LogP contribution in [0.4, 0.5) is 0 Å². The molecule has 2 N–H and O–H groups in total. The van der Waals surface area contributed by atoms with Crippen molar-refractivity contribution in [2.24, 2.45) is 7.05 Å². The van der Waals surface area contributed by atoms with Crippen LogP contribution in [0.25, 0.3) is 10.9 Å². The van der Waals surface area contributed by atoms with Gasteiger partial charge in [0, 0.05) is 76.3 Å². The number of halogens is 2. The number of ether oxygens (including phenoxy) is 2. The van der Waals surface area contributed by atoms with Gasteiger partial charge in [-0.05, 0) is 32.4 Å². The maximum absolute atomic E-state index is 12.6. The van der Waals surface area contributed by atoms with Crippen molar-refractivity contribution in [3.63, 3.8) is 0 Å². The lowest BCUT2D eigenvalue weighted by Gasteiger charge is -2.23. The number of nitrogens with one attached hydrogen (secondary N) is 2. The van der Waals surface area contributed by atoms with E-state index in [9.17, 15) is 9.59 Å². The molecule has 0 aliphatic carbocycles. The molecule has 7 nitrogen and oxygen atoms in total. The molecule has 154 valence electrons. The number of rotatable bonds is 8. The lowest BCUT2D eigenvalue weighted by Crippen LogP contribution is -2.43. The molecule has 0 amide bonds. The Hall–Kier alpha value is -0.920. The fourth-order valence-corrected chi connectivity index (χ4v) is 3.67. The van der Waals surface area contributed by atoms with Gasteiger partial charge in [0.15, 0.2) is 0 Å². The zero-order chi connectivity index (χ0) is 20.9. The largest absolute Gasteiger partial charge is 0.462 e. The molecular weight excluding hydrogens is 588 g/mol. The summed E-state index contributed by atoms with van der Waals surface area (Å²) in [6.45, 7) is 5.28. The molecule has 1 aromatic heterocycles. The molecule has 0 aliphatic heterocycles. The van der Waals surface area contributed by atoms with Crippen molar-refractivity contribution in [3.8, 4) is 0 Å². The van der Waals surface area contributed by atoms with Crippen molar-refractivity contribution in [1.29, 1.82) is 0 Å². The summed E-state index contributed by atoms with van der Waals surface area (Å²) in [6, 6.07) is 6.80. The molecule has 0 unspecified atom stereocenters. The highest BCUT2D eigenvalue weighted by atomic mass is 127. The van der Waals surface area contributed by atoms with E-state index in [1.165, 1.54) is 0 Å². The number of carbonyl (C=O) groups is 2. The third-order valence-corrected chi connectivity index (χ3v) is 5.54. The van der Waals surface area contributed by atoms with E-state index in [4.69, 9.17) is 9.47 Å². The number of benzene rings is 1. The Morgan fingerprint density at radius 3 is 2.36 bits per heavy atom. The predicted octanol–water partition coefficient (Wildman–Crippen LogP) is 3.22. The highest BCUT2D eigenvalue weighted by molar-refractivity contribution is 14.1. The van der Waals surface area contributed by atoms with Crippen LogP contribution in [0.5, 0.6) is 0 Å². The van der Waals surface area contributed by atoms with Crippen molar-refractivity contribution in [3.05, 3.63) is 36.0 Å². The molecule has 2 aromatic rings. The van der Waals surface area contributed by atoms with Crippen LogP contribution in [0, 0.1) is 0 Å². The van der Waals surface area contributed by atoms with Gasteiger partial charge >= 0.3 is 11.9 Å². The Balaban J connectivity index is 2.02. The smallest absolute Gasteiger partial charge is 0.327 e. The number of esters is 2. The number of fused-ring (bicyclic) bond motifs is 1. The van der Waals surface area contributed by atoms with E-state index in [-0.39, 0.29) is 6.61 Å². The first-order valence-corrected chi connectivity index (χ1v) is 11.0. The summed E-state index contributed by atoms with van der Waals surface area (Å²) in [4.78, 5) is 24.8. The molecule has 1 aromatic carbocycles. The standard InChI is InChI=1S/C19H25I2N3O4/c1-19(2,3)28-18(26)15(23-21)11-27-17(25)14(22-20)9-12-10-24(4)16-8-6-5-7-13(12)16/h5-8,10,14-15,22-23H,9,11H2,1-4H3/t14-,15-/m0/s1. The summed E-state index contributed by atoms with van der Waals surface area (Å²) < 4.78 is 18.6. The Morgan fingerprint density at radius 2 is 1.75 bits per heavy atom. The second kappa shape index (κ2) is 10.2. The monoisotopic (exact) mass is 613 g/mol. The molecule has 0 saturated carbocycles. The number of carbonyl (C=O) groups excluding carboxylic acids is 2. The molecule has 0 saturated heterocycles. The molecule has 1 heterocycles. The Labute approximate surface area is 192 Å². The van der Waals surface area contributed by atoms with Gasteiger partial charge in [-0.15, -0.1) is 0 Å². The fraction of sp³-hybridized carbons (Fsp3) is 0.474. The molecule has 0 radical (unpaired) electrons. The van der Waals surface area contributed by atoms with Crippen LogP contribution in [0.1, 0.15) is 26.3 Å². The number of aromatic nitrogens is 1. The SMILES string of the molecule is Cn1cc(C[C@H](NI)C(=O)OC[C@H](NI)C(=O)OC(C)(C)C)c2ccccc21. The van der Waals surface area contributed by atoms with E-state index < -0.39 is 29.6 Å². The van der Waals surface area contributed by atoms with E-state index in [0.717, 1.165) is 16.5 Å². The average molecular weight is 613 g/mol. The molecule has 2 atom stereocenters. The van der Waals surface area contributed by atoms with E-state index in [0.29, 0.717) is 6.42 Å². The van der Waals surface area contributed by atoms with Gasteiger partial charge in [0.05, 0.1) is 0 Å². The average Bonchev–Trinajstić information content (AvgIpc) is 2.94. The number of para-hydroxylation sites is 1. The summed E-state index contributed by atoms with van der Waals surface area (Å²) in [7, 11) is 1.98. The van der Waals surface area contributed by atoms with Crippen LogP contribution in [-0.4, -0.2) is 40.8 Å². The maximum Gasteiger partial charge on any atom is 0.327 e. The summed E-state index contributed by atoms with van der Waals surface area (Å²) in [5, 5.41) is 1.11. The van der Waals surface area contributed by atoms with Gasteiger partial charge in [-0.2, -0.15) is 0 Å². The minimum Gasteiger partial charge on any atom is -0.462 e. The fourth-order valence-electron chi connectivity index (χ4n) is 2.76. The van der Waals surface area contributed by atoms with Crippen molar-refractivity contribution in [1.82, 2.24) is 11.6 Å². The van der Waals surface area contributed by atoms with E-state index in [1.807, 2.05) is 87.8 Å². The van der Waals surface area contributed by atoms with Crippen molar-refractivity contribution in [2.75, 3.05) is 6.61 Å². The first kappa shape index (κ1) is 23.4. The number of aryl methyl sites for hydroxylation is 1. The van der Waals surface area contributed by atoms with Crippen molar-refractivity contribution < 1.29 is 19.1 Å². The second-order valence-corrected chi connectivity index (χ2v) is 8.72. The van der Waals surface area contributed by atoms with Crippen LogP contribution in [0.3, 0.4) is 0 Å². The molecule has 28 heavy (non-hydrogen) atoms. The number of hydrogen-bond acceptors (Lipinski definition) is 6. The van der Waals surface area contributed by atoms with Gasteiger partial charge in [-0.1, -0.05) is 18.2 Å². The highest BCUT2D eigenvalue weighted by Crippen LogP contribution is 2.22. The molecule has 0 bridgehead atoms. The topological polar surface area (TPSA) is 81.6 Å². The first-order chi connectivity index (χ1) is 13.2. The van der Waals surface area contributed by atoms with Gasteiger partial charge in [0.2, 0.25) is 0 Å². The van der Waals surface area contributed by atoms with Crippen LogP contribution >= 0.6 is 45.7 Å². The van der Waals surface area contributed by atoms with Crippen LogP contribution < -0.4 is 7.06 Å². The Kier molecular flexibility index (Phi) is 8.52. The van der Waals surface area contributed by atoms with E-state index in [2.05, 4.69) is 7.06 Å². The van der Waals surface area contributed by atoms with Crippen LogP contribution in [0.15, 0.2) is 30.5 Å². The molecule has 2 rings (SSSR count). The molecular formula is C19H25I2N3O4. The molecule has 0 aliphatic rings. The highest BCUT2D eigenvalue weighted by Gasteiger charge is 2.28. The summed E-state index contributed by atoms with van der Waals surface area (Å²) >= 11 is 3.81. The Morgan fingerprint density at radius 1 is 1.11 bits per heavy atom. The van der Waals surface area contributed by atoms with Crippen LogP contribution in [0.2, 0.25) is 0 Å². The molecule has 0 spiro atoms. The van der Waals surface area contributed by atoms with Gasteiger partial charge < -0.3 is 14.0 Å². The Bertz CT molecular complexity index is 832. The van der Waals surface area contributed by atoms with E-state index in [1.54, 1.807) is 20.8 Å². The lowest BCUT2D eigenvalue weighted by atomic mass is 10.1. The third-order valence-electron chi connectivity index (χ3n) is 4.03. The zero-order valence-electron chi connectivity index (χ0n) is 16.3. The second-order valence-electron chi connectivity index (χ2n) is 7.47. The predicted molar refractivity (Wildman–Crippen MR) is 125 cm³/mol. The number of hydrogen-bond donors (Lipinski definition) is 2. The maximum atomic E-state index is 12.6. The van der Waals surface area contributed by atoms with Gasteiger partial charge in [-0.3, -0.25) is 9.59 Å². The van der Waals surface area contributed by atoms with Gasteiger partial charge in [0.1, 0.15) is 24.3 Å². The summed E-state index contributed by atoms with van der Waals surface area (Å²) in [6.07, 6.45) is 2.51. The third kappa shape index (κ3) is 6.29. The molecule has 9 heteroatoms. The summed E-state index contributed by atoms with van der Waals surface area (Å²) in [5.41, 5.74) is 1.56. The van der Waals surface area contributed by atoms with Gasteiger partial charge in [-0.25, -0.2) is 7.06 Å². The van der Waals surface area contributed by atoms with Crippen molar-refractivity contribution >= 4 is 68.6 Å². The minimum atomic E-state index is -0.726. The normalized spacial score (nSPS) is 13.9. The first-order valence-electron chi connectivity index (χ1n) is 8.81. The lowest BCUT2D eigenvalue weighted by molar-refractivity contribution is -0.160. The van der Waals surface area contributed by atoms with Crippen LogP contribution in [-0.2, 0) is 32.5 Å². The zero-order valence-corrected chi connectivity index (χ0v) is 20.6. The quantitative estimate of drug-likeness (QED) is 0.271. The van der Waals surface area contributed by atoms with E-state index >= 15 is 0 Å². The minimum absolute atomic E-state index is 0.0962. The molecule has 0 fully saturated rings.